The van der Waals surface area contributed by atoms with E-state index in [-0.39, 0.29) is 0 Å². The first kappa shape index (κ1) is 13.2. The number of pyridine rings is 1. The van der Waals surface area contributed by atoms with Crippen LogP contribution in [0.25, 0.3) is 11.4 Å². The van der Waals surface area contributed by atoms with Crippen LogP contribution in [0, 0.1) is 0 Å². The van der Waals surface area contributed by atoms with Crippen molar-refractivity contribution in [1.82, 2.24) is 25.3 Å². The molecular weight excluding hydrogens is 278 g/mol. The van der Waals surface area contributed by atoms with Gasteiger partial charge in [0.2, 0.25) is 11.7 Å². The minimum Gasteiger partial charge on any atom is -0.339 e. The Morgan fingerprint density at radius 3 is 3.05 bits per heavy atom. The van der Waals surface area contributed by atoms with Crippen molar-refractivity contribution in [2.24, 2.45) is 0 Å². The first-order valence-corrected chi connectivity index (χ1v) is 7.68. The molecule has 3 heterocycles. The highest BCUT2D eigenvalue weighted by Crippen LogP contribution is 2.23. The Bertz CT molecular complexity index is 762. The van der Waals surface area contributed by atoms with Crippen molar-refractivity contribution in [1.29, 1.82) is 0 Å². The van der Waals surface area contributed by atoms with Gasteiger partial charge in [-0.1, -0.05) is 5.16 Å². The minimum atomic E-state index is 0.590. The number of H-pyrrole nitrogens is 1. The van der Waals surface area contributed by atoms with E-state index in [1.54, 1.807) is 12.4 Å². The zero-order chi connectivity index (χ0) is 14.8. The average Bonchev–Trinajstić information content (AvgIpc) is 3.21. The van der Waals surface area contributed by atoms with Crippen molar-refractivity contribution >= 4 is 0 Å². The van der Waals surface area contributed by atoms with E-state index in [1.807, 2.05) is 12.1 Å². The highest BCUT2D eigenvalue weighted by molar-refractivity contribution is 5.51. The molecule has 4 rings (SSSR count). The predicted molar refractivity (Wildman–Crippen MR) is 80.2 cm³/mol. The van der Waals surface area contributed by atoms with Crippen molar-refractivity contribution in [3.8, 4) is 11.4 Å². The monoisotopic (exact) mass is 295 g/mol. The SMILES string of the molecule is c1cncc(-c2noc(CCc3n[nH]c4c3CCCC4)n2)c1. The lowest BCUT2D eigenvalue weighted by molar-refractivity contribution is 0.378. The summed E-state index contributed by atoms with van der Waals surface area (Å²) in [5.74, 6) is 1.23. The van der Waals surface area contributed by atoms with Gasteiger partial charge in [0, 0.05) is 36.5 Å². The Hall–Kier alpha value is -2.50. The smallest absolute Gasteiger partial charge is 0.227 e. The molecule has 0 atom stereocenters. The number of aromatic amines is 1. The van der Waals surface area contributed by atoms with Gasteiger partial charge < -0.3 is 4.52 Å². The van der Waals surface area contributed by atoms with Crippen LogP contribution < -0.4 is 0 Å². The minimum absolute atomic E-state index is 0.590. The summed E-state index contributed by atoms with van der Waals surface area (Å²) in [5, 5.41) is 11.6. The number of nitrogens with one attached hydrogen (secondary N) is 1. The molecule has 0 spiro atoms. The largest absolute Gasteiger partial charge is 0.339 e. The standard InChI is InChI=1S/C16H17N5O/c1-2-6-13-12(5-1)14(20-19-13)7-8-15-18-16(21-22-15)11-4-3-9-17-10-11/h3-4,9-10H,1-2,5-8H2,(H,19,20). The number of aromatic nitrogens is 5. The number of rotatable bonds is 4. The predicted octanol–water partition coefficient (Wildman–Crippen LogP) is 2.52. The lowest BCUT2D eigenvalue weighted by Crippen LogP contribution is -2.03. The summed E-state index contributed by atoms with van der Waals surface area (Å²) >= 11 is 0. The van der Waals surface area contributed by atoms with Crippen LogP contribution >= 0.6 is 0 Å². The Kier molecular flexibility index (Phi) is 3.42. The fourth-order valence-corrected chi connectivity index (χ4v) is 2.95. The molecule has 0 aromatic carbocycles. The molecule has 0 saturated carbocycles. The topological polar surface area (TPSA) is 80.5 Å². The Morgan fingerprint density at radius 2 is 2.14 bits per heavy atom. The summed E-state index contributed by atoms with van der Waals surface area (Å²) in [6, 6.07) is 3.78. The third kappa shape index (κ3) is 2.52. The molecule has 112 valence electrons. The fraction of sp³-hybridized carbons (Fsp3) is 0.375. The molecule has 3 aromatic heterocycles. The molecule has 1 aliphatic carbocycles. The van der Waals surface area contributed by atoms with Gasteiger partial charge in [-0.25, -0.2) is 0 Å². The molecule has 0 radical (unpaired) electrons. The summed E-state index contributed by atoms with van der Waals surface area (Å²) in [6.07, 6.45) is 9.77. The van der Waals surface area contributed by atoms with Crippen LogP contribution in [-0.2, 0) is 25.7 Å². The normalized spacial score (nSPS) is 14.0. The van der Waals surface area contributed by atoms with Crippen LogP contribution in [0.4, 0.5) is 0 Å². The van der Waals surface area contributed by atoms with Crippen LogP contribution in [0.1, 0.15) is 35.7 Å². The number of hydrogen-bond donors (Lipinski definition) is 1. The highest BCUT2D eigenvalue weighted by Gasteiger charge is 2.17. The first-order valence-electron chi connectivity index (χ1n) is 7.68. The fourth-order valence-electron chi connectivity index (χ4n) is 2.95. The molecular formula is C16H17N5O. The third-order valence-corrected chi connectivity index (χ3v) is 4.11. The average molecular weight is 295 g/mol. The van der Waals surface area contributed by atoms with Crippen molar-refractivity contribution < 1.29 is 4.52 Å². The van der Waals surface area contributed by atoms with E-state index in [0.717, 1.165) is 30.5 Å². The molecule has 0 fully saturated rings. The third-order valence-electron chi connectivity index (χ3n) is 4.11. The molecule has 6 heteroatoms. The number of aryl methyl sites for hydroxylation is 3. The van der Waals surface area contributed by atoms with Crippen LogP contribution in [0.15, 0.2) is 29.0 Å². The first-order chi connectivity index (χ1) is 10.9. The summed E-state index contributed by atoms with van der Waals surface area (Å²) < 4.78 is 5.33. The summed E-state index contributed by atoms with van der Waals surface area (Å²) in [7, 11) is 0. The Morgan fingerprint density at radius 1 is 1.18 bits per heavy atom. The second-order valence-electron chi connectivity index (χ2n) is 5.59. The molecule has 1 N–H and O–H groups in total. The molecule has 0 amide bonds. The second kappa shape index (κ2) is 5.71. The molecule has 0 aliphatic heterocycles. The quantitative estimate of drug-likeness (QED) is 0.800. The van der Waals surface area contributed by atoms with Gasteiger partial charge in [-0.2, -0.15) is 10.1 Å². The van der Waals surface area contributed by atoms with E-state index in [1.165, 1.54) is 24.1 Å². The van der Waals surface area contributed by atoms with Crippen molar-refractivity contribution in [2.75, 3.05) is 0 Å². The second-order valence-corrected chi connectivity index (χ2v) is 5.59. The summed E-state index contributed by atoms with van der Waals surface area (Å²) in [5.41, 5.74) is 4.73. The van der Waals surface area contributed by atoms with E-state index < -0.39 is 0 Å². The zero-order valence-electron chi connectivity index (χ0n) is 12.2. The highest BCUT2D eigenvalue weighted by atomic mass is 16.5. The lowest BCUT2D eigenvalue weighted by atomic mass is 9.95. The summed E-state index contributed by atoms with van der Waals surface area (Å²) in [6.45, 7) is 0. The molecule has 0 unspecified atom stereocenters. The van der Waals surface area contributed by atoms with Gasteiger partial charge in [0.05, 0.1) is 5.69 Å². The van der Waals surface area contributed by atoms with Gasteiger partial charge in [0.25, 0.3) is 0 Å². The van der Waals surface area contributed by atoms with Gasteiger partial charge in [-0.15, -0.1) is 0 Å². The molecule has 3 aromatic rings. The van der Waals surface area contributed by atoms with Crippen molar-refractivity contribution in [2.45, 2.75) is 38.5 Å². The van der Waals surface area contributed by atoms with Gasteiger partial charge in [0.1, 0.15) is 0 Å². The van der Waals surface area contributed by atoms with Crippen molar-refractivity contribution in [3.63, 3.8) is 0 Å². The van der Waals surface area contributed by atoms with Gasteiger partial charge in [-0.05, 0) is 43.4 Å². The van der Waals surface area contributed by atoms with E-state index in [4.69, 9.17) is 4.52 Å². The maximum absolute atomic E-state index is 5.33. The van der Waals surface area contributed by atoms with E-state index in [9.17, 15) is 0 Å². The number of fused-ring (bicyclic) bond motifs is 1. The van der Waals surface area contributed by atoms with Crippen LogP contribution in [0.3, 0.4) is 0 Å². The molecule has 6 nitrogen and oxygen atoms in total. The molecule has 22 heavy (non-hydrogen) atoms. The molecule has 0 bridgehead atoms. The van der Waals surface area contributed by atoms with Crippen LogP contribution in [0.2, 0.25) is 0 Å². The van der Waals surface area contributed by atoms with Crippen LogP contribution in [0.5, 0.6) is 0 Å². The molecule has 0 saturated heterocycles. The van der Waals surface area contributed by atoms with E-state index in [0.29, 0.717) is 18.1 Å². The number of nitrogens with zero attached hydrogens (tertiary/aromatic N) is 4. The van der Waals surface area contributed by atoms with E-state index in [2.05, 4.69) is 25.3 Å². The van der Waals surface area contributed by atoms with Gasteiger partial charge in [-0.3, -0.25) is 10.1 Å². The Balaban J connectivity index is 1.46. The van der Waals surface area contributed by atoms with Crippen molar-refractivity contribution in [3.05, 3.63) is 47.4 Å². The van der Waals surface area contributed by atoms with Gasteiger partial charge >= 0.3 is 0 Å². The Labute approximate surface area is 128 Å². The maximum Gasteiger partial charge on any atom is 0.227 e. The number of hydrogen-bond acceptors (Lipinski definition) is 5. The lowest BCUT2D eigenvalue weighted by Gasteiger charge is -2.10. The van der Waals surface area contributed by atoms with Gasteiger partial charge in [0.15, 0.2) is 0 Å². The van der Waals surface area contributed by atoms with Crippen LogP contribution in [-0.4, -0.2) is 25.3 Å². The van der Waals surface area contributed by atoms with E-state index >= 15 is 0 Å². The molecule has 1 aliphatic rings. The zero-order valence-corrected chi connectivity index (χ0v) is 12.2. The summed E-state index contributed by atoms with van der Waals surface area (Å²) in [4.78, 5) is 8.51. The maximum atomic E-state index is 5.33.